The summed E-state index contributed by atoms with van der Waals surface area (Å²) >= 11 is 1.31. The lowest BCUT2D eigenvalue weighted by atomic mass is 10.1. The Morgan fingerprint density at radius 2 is 1.78 bits per heavy atom. The van der Waals surface area contributed by atoms with E-state index < -0.39 is 5.91 Å². The van der Waals surface area contributed by atoms with Gasteiger partial charge in [0.15, 0.2) is 0 Å². The van der Waals surface area contributed by atoms with Crippen LogP contribution in [0.5, 0.6) is 0 Å². The van der Waals surface area contributed by atoms with Crippen molar-refractivity contribution >= 4 is 34.7 Å². The topological polar surface area (TPSA) is 100 Å². The maximum absolute atomic E-state index is 12.4. The Kier molecular flexibility index (Phi) is 6.01. The highest BCUT2D eigenvalue weighted by Crippen LogP contribution is 2.17. The predicted molar refractivity (Wildman–Crippen MR) is 102 cm³/mol. The Morgan fingerprint density at radius 1 is 0.926 bits per heavy atom. The second kappa shape index (κ2) is 8.81. The van der Waals surface area contributed by atoms with Crippen LogP contribution in [0.1, 0.15) is 25.8 Å². The Hall–Kier alpha value is -3.39. The summed E-state index contributed by atoms with van der Waals surface area (Å²) in [7, 11) is 0. The van der Waals surface area contributed by atoms with Crippen molar-refractivity contribution in [3.05, 3.63) is 76.4 Å². The molecule has 3 rings (SSSR count). The molecule has 7 nitrogen and oxygen atoms in total. The fourth-order valence-electron chi connectivity index (χ4n) is 2.30. The lowest BCUT2D eigenvalue weighted by molar-refractivity contribution is -0.120. The third-order valence-electron chi connectivity index (χ3n) is 3.61. The molecule has 0 fully saturated rings. The highest BCUT2D eigenvalue weighted by molar-refractivity contribution is 7.12. The first-order valence-corrected chi connectivity index (χ1v) is 9.02. The zero-order chi connectivity index (χ0) is 19.1. The number of anilines is 1. The van der Waals surface area contributed by atoms with Gasteiger partial charge in [-0.2, -0.15) is 0 Å². The minimum absolute atomic E-state index is 0.188. The van der Waals surface area contributed by atoms with Gasteiger partial charge >= 0.3 is 0 Å². The quantitative estimate of drug-likeness (QED) is 0.584. The van der Waals surface area contributed by atoms with Crippen molar-refractivity contribution < 1.29 is 18.8 Å². The minimum Gasteiger partial charge on any atom is -0.467 e. The van der Waals surface area contributed by atoms with E-state index in [1.54, 1.807) is 53.9 Å². The summed E-state index contributed by atoms with van der Waals surface area (Å²) in [5, 5.41) is 9.71. The van der Waals surface area contributed by atoms with Crippen LogP contribution < -0.4 is 16.0 Å². The SMILES string of the molecule is O=C(CNC(=O)c1ccccc1NC(=O)c1cccs1)NCc1ccco1. The van der Waals surface area contributed by atoms with Crippen molar-refractivity contribution in [1.82, 2.24) is 10.6 Å². The maximum atomic E-state index is 12.4. The molecule has 0 saturated heterocycles. The van der Waals surface area contributed by atoms with Crippen molar-refractivity contribution in [3.63, 3.8) is 0 Å². The highest BCUT2D eigenvalue weighted by Gasteiger charge is 2.15. The van der Waals surface area contributed by atoms with Gasteiger partial charge in [-0.1, -0.05) is 18.2 Å². The molecule has 8 heteroatoms. The number of para-hydroxylation sites is 1. The number of hydrogen-bond donors (Lipinski definition) is 3. The molecule has 0 aliphatic heterocycles. The fraction of sp³-hybridized carbons (Fsp3) is 0.105. The smallest absolute Gasteiger partial charge is 0.265 e. The van der Waals surface area contributed by atoms with Gasteiger partial charge in [0.2, 0.25) is 5.91 Å². The third-order valence-corrected chi connectivity index (χ3v) is 4.48. The normalized spacial score (nSPS) is 10.2. The lowest BCUT2D eigenvalue weighted by Gasteiger charge is -2.11. The van der Waals surface area contributed by atoms with Crippen LogP contribution in [0, 0.1) is 0 Å². The van der Waals surface area contributed by atoms with Gasteiger partial charge in [0.05, 0.1) is 35.5 Å². The average Bonchev–Trinajstić information content (AvgIpc) is 3.38. The van der Waals surface area contributed by atoms with Gasteiger partial charge in [-0.3, -0.25) is 14.4 Å². The number of amides is 3. The van der Waals surface area contributed by atoms with Crippen molar-refractivity contribution in [2.45, 2.75) is 6.54 Å². The van der Waals surface area contributed by atoms with Crippen molar-refractivity contribution in [1.29, 1.82) is 0 Å². The van der Waals surface area contributed by atoms with E-state index in [0.29, 0.717) is 16.3 Å². The molecule has 3 amide bonds. The van der Waals surface area contributed by atoms with Gasteiger partial charge in [-0.15, -0.1) is 11.3 Å². The van der Waals surface area contributed by atoms with E-state index in [2.05, 4.69) is 16.0 Å². The summed E-state index contributed by atoms with van der Waals surface area (Å²) in [5.41, 5.74) is 0.658. The third kappa shape index (κ3) is 5.05. The molecule has 3 aromatic rings. The molecule has 1 aromatic carbocycles. The second-order valence-electron chi connectivity index (χ2n) is 5.52. The summed E-state index contributed by atoms with van der Waals surface area (Å²) in [6.45, 7) is 0.0574. The fourth-order valence-corrected chi connectivity index (χ4v) is 2.92. The zero-order valence-electron chi connectivity index (χ0n) is 14.2. The van der Waals surface area contributed by atoms with Crippen LogP contribution in [0.2, 0.25) is 0 Å². The summed E-state index contributed by atoms with van der Waals surface area (Å²) in [6, 6.07) is 13.6. The van der Waals surface area contributed by atoms with Gasteiger partial charge in [-0.05, 0) is 35.7 Å². The van der Waals surface area contributed by atoms with E-state index in [1.807, 2.05) is 0 Å². The monoisotopic (exact) mass is 383 g/mol. The van der Waals surface area contributed by atoms with Crippen LogP contribution >= 0.6 is 11.3 Å². The molecule has 3 N–H and O–H groups in total. The summed E-state index contributed by atoms with van der Waals surface area (Å²) in [4.78, 5) is 37.0. The van der Waals surface area contributed by atoms with Crippen LogP contribution in [0.15, 0.2) is 64.6 Å². The maximum Gasteiger partial charge on any atom is 0.265 e. The van der Waals surface area contributed by atoms with Crippen LogP contribution in [0.25, 0.3) is 0 Å². The summed E-state index contributed by atoms with van der Waals surface area (Å²) in [5.74, 6) is -0.470. The Balaban J connectivity index is 1.56. The first-order chi connectivity index (χ1) is 13.1. The Bertz CT molecular complexity index is 920. The largest absolute Gasteiger partial charge is 0.467 e. The molecular formula is C19H17N3O4S. The predicted octanol–water partition coefficient (Wildman–Crippen LogP) is 2.64. The van der Waals surface area contributed by atoms with Gasteiger partial charge in [0.1, 0.15) is 5.76 Å². The molecule has 2 aromatic heterocycles. The molecule has 0 aliphatic carbocycles. The van der Waals surface area contributed by atoms with E-state index in [-0.39, 0.29) is 30.5 Å². The lowest BCUT2D eigenvalue weighted by Crippen LogP contribution is -2.36. The van der Waals surface area contributed by atoms with Crippen LogP contribution in [-0.2, 0) is 11.3 Å². The molecule has 0 aliphatic rings. The van der Waals surface area contributed by atoms with E-state index in [9.17, 15) is 14.4 Å². The Labute approximate surface area is 159 Å². The molecular weight excluding hydrogens is 366 g/mol. The van der Waals surface area contributed by atoms with Gasteiger partial charge in [-0.25, -0.2) is 0 Å². The van der Waals surface area contributed by atoms with Crippen molar-refractivity contribution in [3.8, 4) is 0 Å². The van der Waals surface area contributed by atoms with Crippen molar-refractivity contribution in [2.24, 2.45) is 0 Å². The van der Waals surface area contributed by atoms with E-state index >= 15 is 0 Å². The molecule has 0 atom stereocenters. The van der Waals surface area contributed by atoms with Gasteiger partial charge < -0.3 is 20.4 Å². The van der Waals surface area contributed by atoms with Crippen LogP contribution in [-0.4, -0.2) is 24.3 Å². The summed E-state index contributed by atoms with van der Waals surface area (Å²) < 4.78 is 5.12. The molecule has 0 unspecified atom stereocenters. The second-order valence-corrected chi connectivity index (χ2v) is 6.46. The first kappa shape index (κ1) is 18.4. The van der Waals surface area contributed by atoms with Gasteiger partial charge in [0, 0.05) is 0 Å². The molecule has 138 valence electrons. The average molecular weight is 383 g/mol. The van der Waals surface area contributed by atoms with Crippen LogP contribution in [0.4, 0.5) is 5.69 Å². The van der Waals surface area contributed by atoms with Gasteiger partial charge in [0.25, 0.3) is 11.8 Å². The molecule has 2 heterocycles. The number of nitrogens with one attached hydrogen (secondary N) is 3. The Morgan fingerprint density at radius 3 is 2.52 bits per heavy atom. The molecule has 0 bridgehead atoms. The molecule has 0 radical (unpaired) electrons. The minimum atomic E-state index is -0.453. The van der Waals surface area contributed by atoms with E-state index in [1.165, 1.54) is 17.6 Å². The van der Waals surface area contributed by atoms with E-state index in [0.717, 1.165) is 0 Å². The number of benzene rings is 1. The number of furan rings is 1. The summed E-state index contributed by atoms with van der Waals surface area (Å²) in [6.07, 6.45) is 1.52. The molecule has 27 heavy (non-hydrogen) atoms. The first-order valence-electron chi connectivity index (χ1n) is 8.14. The van der Waals surface area contributed by atoms with Crippen molar-refractivity contribution in [2.75, 3.05) is 11.9 Å². The zero-order valence-corrected chi connectivity index (χ0v) is 15.0. The molecule has 0 saturated carbocycles. The number of hydrogen-bond acceptors (Lipinski definition) is 5. The number of rotatable bonds is 7. The molecule has 0 spiro atoms. The highest BCUT2D eigenvalue weighted by atomic mass is 32.1. The number of carbonyl (C=O) groups excluding carboxylic acids is 3. The van der Waals surface area contributed by atoms with E-state index in [4.69, 9.17) is 4.42 Å². The number of carbonyl (C=O) groups is 3. The number of thiophene rings is 1. The van der Waals surface area contributed by atoms with Crippen LogP contribution in [0.3, 0.4) is 0 Å². The standard InChI is InChI=1S/C19H17N3O4S/c23-17(20-11-13-5-3-9-26-13)12-21-18(24)14-6-1-2-7-15(14)22-19(25)16-8-4-10-27-16/h1-10H,11-12H2,(H,20,23)(H,21,24)(H,22,25).